The Balaban J connectivity index is 1.79. The van der Waals surface area contributed by atoms with Crippen LogP contribution in [0.3, 0.4) is 0 Å². The van der Waals surface area contributed by atoms with Gasteiger partial charge in [-0.15, -0.1) is 11.3 Å². The summed E-state index contributed by atoms with van der Waals surface area (Å²) in [6.45, 7) is 0. The van der Waals surface area contributed by atoms with Gasteiger partial charge >= 0.3 is 0 Å². The molecule has 0 radical (unpaired) electrons. The summed E-state index contributed by atoms with van der Waals surface area (Å²) < 4.78 is 29.0. The predicted octanol–water partition coefficient (Wildman–Crippen LogP) is 4.77. The minimum absolute atomic E-state index is 0.240. The molecule has 5 nitrogen and oxygen atoms in total. The highest BCUT2D eigenvalue weighted by atomic mass is 32.2. The number of thiazole rings is 1. The summed E-state index contributed by atoms with van der Waals surface area (Å²) in [6.07, 6.45) is 0.415. The van der Waals surface area contributed by atoms with Crippen LogP contribution in [-0.4, -0.2) is 24.8 Å². The van der Waals surface area contributed by atoms with E-state index >= 15 is 0 Å². The van der Waals surface area contributed by atoms with E-state index in [1.54, 1.807) is 49.5 Å². The first-order chi connectivity index (χ1) is 14.5. The van der Waals surface area contributed by atoms with Crippen molar-refractivity contribution in [3.05, 3.63) is 95.0 Å². The molecule has 0 aliphatic carbocycles. The van der Waals surface area contributed by atoms with Crippen LogP contribution in [0.5, 0.6) is 0 Å². The highest BCUT2D eigenvalue weighted by molar-refractivity contribution is 7.89. The van der Waals surface area contributed by atoms with Gasteiger partial charge in [-0.05, 0) is 48.4 Å². The molecule has 1 unspecified atom stereocenters. The Morgan fingerprint density at radius 3 is 2.50 bits per heavy atom. The molecule has 3 aromatic carbocycles. The molecule has 1 heterocycles. The van der Waals surface area contributed by atoms with Crippen LogP contribution in [-0.2, 0) is 16.4 Å². The smallest absolute Gasteiger partial charge is 0.239 e. The van der Waals surface area contributed by atoms with E-state index in [0.29, 0.717) is 12.0 Å². The summed E-state index contributed by atoms with van der Waals surface area (Å²) in [5.74, 6) is 0. The second-order valence-corrected chi connectivity index (χ2v) is 9.95. The van der Waals surface area contributed by atoms with Crippen LogP contribution in [0.25, 0.3) is 10.2 Å². The monoisotopic (exact) mass is 433 g/mol. The van der Waals surface area contributed by atoms with Crippen LogP contribution < -0.4 is 0 Å². The third-order valence-electron chi connectivity index (χ3n) is 4.94. The van der Waals surface area contributed by atoms with Crippen molar-refractivity contribution in [2.75, 3.05) is 7.05 Å². The Morgan fingerprint density at radius 2 is 1.77 bits per heavy atom. The van der Waals surface area contributed by atoms with Crippen molar-refractivity contribution in [1.82, 2.24) is 9.29 Å². The van der Waals surface area contributed by atoms with E-state index in [1.165, 1.54) is 15.6 Å². The Kier molecular flexibility index (Phi) is 5.64. The van der Waals surface area contributed by atoms with Crippen LogP contribution in [0.15, 0.2) is 83.8 Å². The molecule has 0 bridgehead atoms. The van der Waals surface area contributed by atoms with Crippen LogP contribution in [0.1, 0.15) is 22.2 Å². The Morgan fingerprint density at radius 1 is 1.03 bits per heavy atom. The first-order valence-electron chi connectivity index (χ1n) is 9.36. The number of fused-ring (bicyclic) bond motifs is 1. The second kappa shape index (κ2) is 8.36. The number of sulfonamides is 1. The zero-order valence-electron chi connectivity index (χ0n) is 16.3. The van der Waals surface area contributed by atoms with E-state index in [0.717, 1.165) is 20.8 Å². The quantitative estimate of drug-likeness (QED) is 0.439. The number of rotatable bonds is 6. The molecule has 0 fully saturated rings. The Labute approximate surface area is 179 Å². The average Bonchev–Trinajstić information content (AvgIpc) is 3.21. The first kappa shape index (κ1) is 20.2. The maximum absolute atomic E-state index is 13.3. The zero-order valence-corrected chi connectivity index (χ0v) is 17.9. The molecule has 0 aliphatic rings. The predicted molar refractivity (Wildman–Crippen MR) is 119 cm³/mol. The zero-order chi connectivity index (χ0) is 21.1. The van der Waals surface area contributed by atoms with Gasteiger partial charge in [0.25, 0.3) is 0 Å². The summed E-state index contributed by atoms with van der Waals surface area (Å²) in [6, 6.07) is 25.1. The van der Waals surface area contributed by atoms with Gasteiger partial charge in [0.1, 0.15) is 5.01 Å². The lowest BCUT2D eigenvalue weighted by Crippen LogP contribution is -2.32. The number of likely N-dealkylation sites (N-methyl/N-ethyl adjacent to an activating group) is 1. The summed E-state index contributed by atoms with van der Waals surface area (Å²) in [5, 5.41) is 9.95. The van der Waals surface area contributed by atoms with Gasteiger partial charge in [0.15, 0.2) is 0 Å². The Hall–Kier alpha value is -3.05. The van der Waals surface area contributed by atoms with Crippen LogP contribution in [0.2, 0.25) is 0 Å². The van der Waals surface area contributed by atoms with Crippen molar-refractivity contribution in [3.63, 3.8) is 0 Å². The fraction of sp³-hybridized carbons (Fsp3) is 0.130. The van der Waals surface area contributed by atoms with Crippen LogP contribution in [0, 0.1) is 11.3 Å². The van der Waals surface area contributed by atoms with Gasteiger partial charge in [0.2, 0.25) is 10.0 Å². The SMILES string of the molecule is CN(C(Cc1cccc(C#N)c1)c1nc2ccccc2s1)S(=O)(=O)c1ccccc1. The van der Waals surface area contributed by atoms with E-state index < -0.39 is 16.1 Å². The minimum Gasteiger partial charge on any atom is -0.239 e. The van der Waals surface area contributed by atoms with E-state index in [-0.39, 0.29) is 4.90 Å². The lowest BCUT2D eigenvalue weighted by molar-refractivity contribution is 0.372. The van der Waals surface area contributed by atoms with E-state index in [4.69, 9.17) is 4.98 Å². The molecule has 0 amide bonds. The van der Waals surface area contributed by atoms with Crippen molar-refractivity contribution in [1.29, 1.82) is 5.26 Å². The summed E-state index contributed by atoms with van der Waals surface area (Å²) >= 11 is 1.49. The molecule has 7 heteroatoms. The number of hydrogen-bond acceptors (Lipinski definition) is 5. The molecule has 0 N–H and O–H groups in total. The van der Waals surface area contributed by atoms with Gasteiger partial charge in [0, 0.05) is 7.05 Å². The number of nitriles is 1. The number of nitrogens with zero attached hydrogens (tertiary/aromatic N) is 3. The number of aromatic nitrogens is 1. The molecular weight excluding hydrogens is 414 g/mol. The topological polar surface area (TPSA) is 74.1 Å². The van der Waals surface area contributed by atoms with Crippen molar-refractivity contribution < 1.29 is 8.42 Å². The number of benzene rings is 3. The van der Waals surface area contributed by atoms with Gasteiger partial charge in [-0.2, -0.15) is 9.57 Å². The fourth-order valence-electron chi connectivity index (χ4n) is 3.32. The lowest BCUT2D eigenvalue weighted by Gasteiger charge is -2.26. The molecule has 1 atom stereocenters. The van der Waals surface area contributed by atoms with Gasteiger partial charge in [0.05, 0.1) is 32.8 Å². The third-order valence-corrected chi connectivity index (χ3v) is 7.96. The maximum Gasteiger partial charge on any atom is 0.243 e. The summed E-state index contributed by atoms with van der Waals surface area (Å²) in [4.78, 5) is 4.97. The molecular formula is C23H19N3O2S2. The molecule has 0 saturated carbocycles. The third kappa shape index (κ3) is 3.98. The normalized spacial score (nSPS) is 12.7. The molecule has 0 spiro atoms. The highest BCUT2D eigenvalue weighted by Gasteiger charge is 2.31. The van der Waals surface area contributed by atoms with Crippen molar-refractivity contribution in [2.45, 2.75) is 17.4 Å². The first-order valence-corrected chi connectivity index (χ1v) is 11.6. The molecule has 30 heavy (non-hydrogen) atoms. The molecule has 0 aliphatic heterocycles. The Bertz CT molecular complexity index is 1290. The second-order valence-electron chi connectivity index (χ2n) is 6.89. The summed E-state index contributed by atoms with van der Waals surface area (Å²) in [5.41, 5.74) is 2.27. The van der Waals surface area contributed by atoms with Crippen molar-refractivity contribution >= 4 is 31.6 Å². The highest BCUT2D eigenvalue weighted by Crippen LogP contribution is 2.34. The molecule has 4 aromatic rings. The fourth-order valence-corrected chi connectivity index (χ4v) is 5.84. The van der Waals surface area contributed by atoms with Gasteiger partial charge in [-0.1, -0.05) is 42.5 Å². The number of hydrogen-bond donors (Lipinski definition) is 0. The molecule has 150 valence electrons. The molecule has 1 aromatic heterocycles. The van der Waals surface area contributed by atoms with Crippen molar-refractivity contribution in [2.24, 2.45) is 0 Å². The van der Waals surface area contributed by atoms with Gasteiger partial charge in [-0.25, -0.2) is 13.4 Å². The maximum atomic E-state index is 13.3. The van der Waals surface area contributed by atoms with Crippen LogP contribution in [0.4, 0.5) is 0 Å². The van der Waals surface area contributed by atoms with Gasteiger partial charge < -0.3 is 0 Å². The van der Waals surface area contributed by atoms with E-state index in [1.807, 2.05) is 36.4 Å². The standard InChI is InChI=1S/C23H19N3O2S2/c1-26(30(27,28)19-10-3-2-4-11-19)21(15-17-8-7-9-18(14-17)16-24)23-25-20-12-5-6-13-22(20)29-23/h2-14,21H,15H2,1H3. The van der Waals surface area contributed by atoms with Gasteiger partial charge in [-0.3, -0.25) is 0 Å². The molecule has 4 rings (SSSR count). The lowest BCUT2D eigenvalue weighted by atomic mass is 10.0. The summed E-state index contributed by atoms with van der Waals surface area (Å²) in [7, 11) is -2.13. The minimum atomic E-state index is -3.72. The molecule has 0 saturated heterocycles. The van der Waals surface area contributed by atoms with Crippen molar-refractivity contribution in [3.8, 4) is 6.07 Å². The average molecular weight is 434 g/mol. The largest absolute Gasteiger partial charge is 0.243 e. The number of para-hydroxylation sites is 1. The van der Waals surface area contributed by atoms with E-state index in [9.17, 15) is 13.7 Å². The van der Waals surface area contributed by atoms with E-state index in [2.05, 4.69) is 6.07 Å². The van der Waals surface area contributed by atoms with Crippen LogP contribution >= 0.6 is 11.3 Å².